The Bertz CT molecular complexity index is 998. The number of ether oxygens (including phenoxy) is 1. The van der Waals surface area contributed by atoms with E-state index in [-0.39, 0.29) is 5.97 Å². The number of aromatic nitrogens is 3. The smallest absolute Gasteiger partial charge is 0.329 e. The van der Waals surface area contributed by atoms with Crippen molar-refractivity contribution in [3.63, 3.8) is 0 Å². The lowest BCUT2D eigenvalue weighted by molar-refractivity contribution is -0.142. The van der Waals surface area contributed by atoms with E-state index in [2.05, 4.69) is 10.3 Å². The lowest BCUT2D eigenvalue weighted by atomic mass is 10.1. The molecule has 3 heterocycles. The van der Waals surface area contributed by atoms with Crippen LogP contribution in [-0.2, 0) is 9.53 Å². The predicted molar refractivity (Wildman–Crippen MR) is 112 cm³/mol. The summed E-state index contributed by atoms with van der Waals surface area (Å²) in [5, 5.41) is 3.89. The SMILES string of the molecule is COC(=O)C1CNCCN1c1cc(-c2ccc(Cl)cc2)nc(-c2cccnc2)n1. The molecule has 0 radical (unpaired) electrons. The Morgan fingerprint density at radius 2 is 2.03 bits per heavy atom. The van der Waals surface area contributed by atoms with Crippen LogP contribution in [0.15, 0.2) is 54.9 Å². The molecule has 3 aromatic rings. The van der Waals surface area contributed by atoms with Crippen molar-refractivity contribution in [2.45, 2.75) is 6.04 Å². The standard InChI is InChI=1S/C21H20ClN5O2/c1-29-21(28)18-13-24-9-10-27(18)19-11-17(14-4-6-16(22)7-5-14)25-20(26-19)15-3-2-8-23-12-15/h2-8,11-12,18,24H,9-10,13H2,1H3. The van der Waals surface area contributed by atoms with Gasteiger partial charge in [-0.1, -0.05) is 23.7 Å². The maximum absolute atomic E-state index is 12.3. The molecule has 1 unspecified atom stereocenters. The number of hydrogen-bond acceptors (Lipinski definition) is 7. The van der Waals surface area contributed by atoms with Crippen molar-refractivity contribution in [1.29, 1.82) is 0 Å². The Morgan fingerprint density at radius 3 is 2.76 bits per heavy atom. The fraction of sp³-hybridized carbons (Fsp3) is 0.238. The van der Waals surface area contributed by atoms with Gasteiger partial charge in [0, 0.05) is 54.2 Å². The molecule has 29 heavy (non-hydrogen) atoms. The highest BCUT2D eigenvalue weighted by Gasteiger charge is 2.31. The molecule has 1 aliphatic rings. The summed E-state index contributed by atoms with van der Waals surface area (Å²) in [6.07, 6.45) is 3.43. The Labute approximate surface area is 173 Å². The summed E-state index contributed by atoms with van der Waals surface area (Å²) in [5.41, 5.74) is 2.45. The van der Waals surface area contributed by atoms with E-state index < -0.39 is 6.04 Å². The zero-order valence-corrected chi connectivity index (χ0v) is 16.6. The first-order valence-corrected chi connectivity index (χ1v) is 9.64. The van der Waals surface area contributed by atoms with Crippen molar-refractivity contribution in [3.05, 3.63) is 59.9 Å². The van der Waals surface area contributed by atoms with Crippen LogP contribution in [0.1, 0.15) is 0 Å². The Balaban J connectivity index is 1.83. The number of nitrogens with one attached hydrogen (secondary N) is 1. The van der Waals surface area contributed by atoms with Crippen LogP contribution in [0.2, 0.25) is 5.02 Å². The van der Waals surface area contributed by atoms with Crippen LogP contribution in [-0.4, -0.2) is 53.7 Å². The largest absolute Gasteiger partial charge is 0.467 e. The molecule has 8 heteroatoms. The molecule has 0 aliphatic carbocycles. The van der Waals surface area contributed by atoms with Gasteiger partial charge in [-0.2, -0.15) is 0 Å². The minimum Gasteiger partial charge on any atom is -0.467 e. The summed E-state index contributed by atoms with van der Waals surface area (Å²) in [6, 6.07) is 12.7. The third-order valence-corrected chi connectivity index (χ3v) is 5.04. The highest BCUT2D eigenvalue weighted by Crippen LogP contribution is 2.28. The number of halogens is 1. The van der Waals surface area contributed by atoms with E-state index in [0.29, 0.717) is 29.8 Å². The van der Waals surface area contributed by atoms with Crippen LogP contribution < -0.4 is 10.2 Å². The Kier molecular flexibility index (Phi) is 5.69. The second kappa shape index (κ2) is 8.55. The first-order valence-electron chi connectivity index (χ1n) is 9.26. The van der Waals surface area contributed by atoms with E-state index in [1.807, 2.05) is 47.4 Å². The molecule has 0 amide bonds. The molecule has 1 fully saturated rings. The Morgan fingerprint density at radius 1 is 1.21 bits per heavy atom. The highest BCUT2D eigenvalue weighted by atomic mass is 35.5. The van der Waals surface area contributed by atoms with Crippen molar-refractivity contribution in [2.24, 2.45) is 0 Å². The van der Waals surface area contributed by atoms with E-state index >= 15 is 0 Å². The second-order valence-corrected chi connectivity index (χ2v) is 7.06. The molecule has 2 aromatic heterocycles. The van der Waals surface area contributed by atoms with Gasteiger partial charge >= 0.3 is 5.97 Å². The molecule has 1 saturated heterocycles. The van der Waals surface area contributed by atoms with Gasteiger partial charge in [0.15, 0.2) is 5.82 Å². The molecule has 0 saturated carbocycles. The predicted octanol–water partition coefficient (Wildman–Crippen LogP) is 2.81. The monoisotopic (exact) mass is 409 g/mol. The number of piperazine rings is 1. The summed E-state index contributed by atoms with van der Waals surface area (Å²) in [7, 11) is 1.40. The van der Waals surface area contributed by atoms with Crippen LogP contribution in [0.5, 0.6) is 0 Å². The number of carbonyl (C=O) groups excluding carboxylic acids is 1. The maximum atomic E-state index is 12.3. The molecule has 148 valence electrons. The number of nitrogens with zero attached hydrogens (tertiary/aromatic N) is 4. The summed E-state index contributed by atoms with van der Waals surface area (Å²) < 4.78 is 5.00. The molecular weight excluding hydrogens is 390 g/mol. The first kappa shape index (κ1) is 19.3. The molecule has 1 aliphatic heterocycles. The molecule has 1 N–H and O–H groups in total. The lowest BCUT2D eigenvalue weighted by Crippen LogP contribution is -2.55. The highest BCUT2D eigenvalue weighted by molar-refractivity contribution is 6.30. The van der Waals surface area contributed by atoms with Gasteiger partial charge in [0.1, 0.15) is 11.9 Å². The molecule has 1 aromatic carbocycles. The number of hydrogen-bond donors (Lipinski definition) is 1. The topological polar surface area (TPSA) is 80.2 Å². The van der Waals surface area contributed by atoms with Crippen molar-refractivity contribution < 1.29 is 9.53 Å². The minimum atomic E-state index is -0.455. The molecule has 1 atom stereocenters. The van der Waals surface area contributed by atoms with Crippen molar-refractivity contribution in [1.82, 2.24) is 20.3 Å². The normalized spacial score (nSPS) is 16.5. The number of pyridine rings is 1. The molecule has 4 rings (SSSR count). The third-order valence-electron chi connectivity index (χ3n) is 4.78. The van der Waals surface area contributed by atoms with Crippen molar-refractivity contribution in [3.8, 4) is 22.6 Å². The minimum absolute atomic E-state index is 0.299. The van der Waals surface area contributed by atoms with Crippen LogP contribution in [0.4, 0.5) is 5.82 Å². The molecule has 0 spiro atoms. The number of rotatable bonds is 4. The van der Waals surface area contributed by atoms with Gasteiger partial charge in [-0.3, -0.25) is 4.98 Å². The van der Waals surface area contributed by atoms with Crippen LogP contribution in [0.25, 0.3) is 22.6 Å². The van der Waals surface area contributed by atoms with Crippen LogP contribution in [0.3, 0.4) is 0 Å². The first-order chi connectivity index (χ1) is 14.2. The van der Waals surface area contributed by atoms with E-state index in [4.69, 9.17) is 26.3 Å². The average molecular weight is 410 g/mol. The van der Waals surface area contributed by atoms with Gasteiger partial charge in [0.2, 0.25) is 0 Å². The lowest BCUT2D eigenvalue weighted by Gasteiger charge is -2.35. The number of anilines is 1. The summed E-state index contributed by atoms with van der Waals surface area (Å²) >= 11 is 6.04. The van der Waals surface area contributed by atoms with Crippen LogP contribution >= 0.6 is 11.6 Å². The van der Waals surface area contributed by atoms with Crippen molar-refractivity contribution in [2.75, 3.05) is 31.6 Å². The molecular formula is C21H20ClN5O2. The number of carbonyl (C=O) groups is 1. The van der Waals surface area contributed by atoms with Gasteiger partial charge in [-0.15, -0.1) is 0 Å². The van der Waals surface area contributed by atoms with Gasteiger partial charge in [-0.25, -0.2) is 14.8 Å². The van der Waals surface area contributed by atoms with Crippen molar-refractivity contribution >= 4 is 23.4 Å². The molecule has 7 nitrogen and oxygen atoms in total. The van der Waals surface area contributed by atoms with E-state index in [1.165, 1.54) is 7.11 Å². The Hall–Kier alpha value is -3.03. The van der Waals surface area contributed by atoms with Crippen LogP contribution in [0, 0.1) is 0 Å². The fourth-order valence-electron chi connectivity index (χ4n) is 3.30. The maximum Gasteiger partial charge on any atom is 0.329 e. The fourth-order valence-corrected chi connectivity index (χ4v) is 3.43. The van der Waals surface area contributed by atoms with E-state index in [9.17, 15) is 4.79 Å². The average Bonchev–Trinajstić information content (AvgIpc) is 2.79. The van der Waals surface area contributed by atoms with E-state index in [1.54, 1.807) is 12.4 Å². The van der Waals surface area contributed by atoms with Gasteiger partial charge in [-0.05, 0) is 24.3 Å². The number of methoxy groups -OCH3 is 1. The summed E-state index contributed by atoms with van der Waals surface area (Å²) in [6.45, 7) is 1.87. The zero-order chi connectivity index (χ0) is 20.2. The van der Waals surface area contributed by atoms with Gasteiger partial charge in [0.25, 0.3) is 0 Å². The molecule has 0 bridgehead atoms. The van der Waals surface area contributed by atoms with Gasteiger partial charge in [0.05, 0.1) is 12.8 Å². The second-order valence-electron chi connectivity index (χ2n) is 6.62. The van der Waals surface area contributed by atoms with Gasteiger partial charge < -0.3 is 15.0 Å². The third kappa shape index (κ3) is 4.21. The quantitative estimate of drug-likeness (QED) is 0.663. The summed E-state index contributed by atoms with van der Waals surface area (Å²) in [5.74, 6) is 0.912. The summed E-state index contributed by atoms with van der Waals surface area (Å²) in [4.78, 5) is 28.0. The zero-order valence-electron chi connectivity index (χ0n) is 15.9. The number of benzene rings is 1. The van der Waals surface area contributed by atoms with E-state index in [0.717, 1.165) is 23.4 Å². The number of esters is 1.